The highest BCUT2D eigenvalue weighted by Gasteiger charge is 2.03. The average molecular weight is 303 g/mol. The van der Waals surface area contributed by atoms with Crippen LogP contribution in [0.5, 0.6) is 11.5 Å². The Morgan fingerprint density at radius 3 is 2.52 bits per heavy atom. The molecule has 0 amide bonds. The number of hydrogen-bond donors (Lipinski definition) is 0. The minimum Gasteiger partial charge on any atom is -0.496 e. The van der Waals surface area contributed by atoms with Gasteiger partial charge in [-0.2, -0.15) is 0 Å². The molecule has 108 valence electrons. The zero-order valence-electron chi connectivity index (χ0n) is 11.8. The lowest BCUT2D eigenvalue weighted by Crippen LogP contribution is -2.03. The third-order valence-electron chi connectivity index (χ3n) is 2.82. The molecule has 0 atom stereocenters. The Balaban J connectivity index is 2.08. The van der Waals surface area contributed by atoms with Gasteiger partial charge in [0.05, 0.1) is 7.11 Å². The van der Waals surface area contributed by atoms with Crippen molar-refractivity contribution in [1.29, 1.82) is 0 Å². The van der Waals surface area contributed by atoms with Crippen LogP contribution in [0.2, 0.25) is 5.02 Å². The molecule has 0 bridgehead atoms. The fourth-order valence-electron chi connectivity index (χ4n) is 1.79. The van der Waals surface area contributed by atoms with Gasteiger partial charge in [0.15, 0.2) is 0 Å². The molecule has 21 heavy (non-hydrogen) atoms. The van der Waals surface area contributed by atoms with Gasteiger partial charge in [-0.05, 0) is 49.4 Å². The van der Waals surface area contributed by atoms with Crippen LogP contribution in [0.3, 0.4) is 0 Å². The van der Waals surface area contributed by atoms with Gasteiger partial charge in [-0.15, -0.1) is 0 Å². The highest BCUT2D eigenvalue weighted by atomic mass is 35.5. The van der Waals surface area contributed by atoms with Gasteiger partial charge in [-0.25, -0.2) is 4.79 Å². The number of carbonyl (C=O) groups is 1. The highest BCUT2D eigenvalue weighted by molar-refractivity contribution is 6.30. The average Bonchev–Trinajstić information content (AvgIpc) is 2.48. The molecule has 0 spiro atoms. The fraction of sp³-hybridized carbons (Fsp3) is 0.118. The van der Waals surface area contributed by atoms with E-state index in [9.17, 15) is 4.79 Å². The van der Waals surface area contributed by atoms with Crippen LogP contribution in [-0.2, 0) is 4.79 Å². The van der Waals surface area contributed by atoms with E-state index in [0.717, 1.165) is 11.1 Å². The molecule has 0 heterocycles. The summed E-state index contributed by atoms with van der Waals surface area (Å²) in [4.78, 5) is 11.8. The Morgan fingerprint density at radius 1 is 1.14 bits per heavy atom. The number of ether oxygens (including phenoxy) is 2. The molecule has 0 aliphatic heterocycles. The minimum absolute atomic E-state index is 0.449. The van der Waals surface area contributed by atoms with Crippen molar-refractivity contribution in [3.8, 4) is 11.5 Å². The Hall–Kier alpha value is -2.26. The largest absolute Gasteiger partial charge is 0.496 e. The Morgan fingerprint density at radius 2 is 1.86 bits per heavy atom. The van der Waals surface area contributed by atoms with Crippen LogP contribution in [0.1, 0.15) is 11.1 Å². The number of esters is 1. The molecule has 0 aromatic heterocycles. The molecule has 0 fully saturated rings. The molecule has 0 radical (unpaired) electrons. The van der Waals surface area contributed by atoms with Crippen LogP contribution in [-0.4, -0.2) is 13.1 Å². The zero-order valence-corrected chi connectivity index (χ0v) is 12.6. The van der Waals surface area contributed by atoms with Gasteiger partial charge in [0.2, 0.25) is 0 Å². The number of hydrogen-bond acceptors (Lipinski definition) is 3. The van der Waals surface area contributed by atoms with E-state index in [4.69, 9.17) is 21.1 Å². The third-order valence-corrected chi connectivity index (χ3v) is 3.07. The van der Waals surface area contributed by atoms with Gasteiger partial charge in [-0.1, -0.05) is 23.2 Å². The lowest BCUT2D eigenvalue weighted by molar-refractivity contribution is -0.128. The first-order valence-electron chi connectivity index (χ1n) is 6.38. The van der Waals surface area contributed by atoms with Crippen molar-refractivity contribution >= 4 is 23.6 Å². The van der Waals surface area contributed by atoms with Crippen LogP contribution < -0.4 is 9.47 Å². The van der Waals surface area contributed by atoms with E-state index < -0.39 is 5.97 Å². The van der Waals surface area contributed by atoms with Crippen LogP contribution >= 0.6 is 11.6 Å². The first-order valence-corrected chi connectivity index (χ1v) is 6.76. The zero-order chi connectivity index (χ0) is 15.2. The van der Waals surface area contributed by atoms with Crippen molar-refractivity contribution in [2.24, 2.45) is 0 Å². The molecule has 2 aromatic rings. The number of carbonyl (C=O) groups excluding carboxylic acids is 1. The number of benzene rings is 2. The second kappa shape index (κ2) is 6.95. The summed E-state index contributed by atoms with van der Waals surface area (Å²) in [5.41, 5.74) is 1.91. The predicted molar refractivity (Wildman–Crippen MR) is 83.9 cm³/mol. The van der Waals surface area contributed by atoms with Crippen molar-refractivity contribution < 1.29 is 14.3 Å². The normalized spacial score (nSPS) is 10.6. The van der Waals surface area contributed by atoms with Gasteiger partial charge < -0.3 is 9.47 Å². The monoisotopic (exact) mass is 302 g/mol. The summed E-state index contributed by atoms with van der Waals surface area (Å²) < 4.78 is 10.4. The van der Waals surface area contributed by atoms with E-state index in [1.165, 1.54) is 6.08 Å². The summed E-state index contributed by atoms with van der Waals surface area (Å²) in [5, 5.41) is 0.592. The fourth-order valence-corrected chi connectivity index (χ4v) is 1.92. The van der Waals surface area contributed by atoms with Crippen molar-refractivity contribution in [2.75, 3.05) is 7.11 Å². The van der Waals surface area contributed by atoms with Gasteiger partial charge in [0.25, 0.3) is 0 Å². The molecule has 4 heteroatoms. The van der Waals surface area contributed by atoms with E-state index in [2.05, 4.69) is 0 Å². The van der Waals surface area contributed by atoms with Gasteiger partial charge in [-0.3, -0.25) is 0 Å². The van der Waals surface area contributed by atoms with Crippen molar-refractivity contribution in [2.45, 2.75) is 6.92 Å². The number of methoxy groups -OCH3 is 1. The molecule has 0 aliphatic rings. The molecule has 2 aromatic carbocycles. The summed E-state index contributed by atoms with van der Waals surface area (Å²) in [5.74, 6) is 0.697. The molecule has 3 nitrogen and oxygen atoms in total. The van der Waals surface area contributed by atoms with Crippen LogP contribution in [0.25, 0.3) is 6.08 Å². The summed E-state index contributed by atoms with van der Waals surface area (Å²) in [6, 6.07) is 12.4. The highest BCUT2D eigenvalue weighted by Crippen LogP contribution is 2.21. The van der Waals surface area contributed by atoms with E-state index in [0.29, 0.717) is 16.5 Å². The van der Waals surface area contributed by atoms with Crippen molar-refractivity contribution in [3.63, 3.8) is 0 Å². The van der Waals surface area contributed by atoms with Gasteiger partial charge in [0, 0.05) is 16.7 Å². The third kappa shape index (κ3) is 4.36. The van der Waals surface area contributed by atoms with E-state index in [-0.39, 0.29) is 0 Å². The Bertz CT molecular complexity index is 660. The Kier molecular flexibility index (Phi) is 5.01. The van der Waals surface area contributed by atoms with Crippen LogP contribution in [0, 0.1) is 6.92 Å². The lowest BCUT2D eigenvalue weighted by Gasteiger charge is -2.05. The standard InChI is InChI=1S/C17H15ClO3/c1-12-3-9-16(20-2)13(11-12)4-10-17(19)21-15-7-5-14(18)6-8-15/h3-11H,1-2H3/b10-4+. The number of halogens is 1. The lowest BCUT2D eigenvalue weighted by atomic mass is 10.1. The number of aryl methyl sites for hydroxylation is 1. The smallest absolute Gasteiger partial charge is 0.336 e. The second-order valence-electron chi connectivity index (χ2n) is 4.45. The summed E-state index contributed by atoms with van der Waals surface area (Å²) in [6.45, 7) is 1.98. The maximum Gasteiger partial charge on any atom is 0.336 e. The maximum atomic E-state index is 11.8. The van der Waals surface area contributed by atoms with E-state index >= 15 is 0 Å². The predicted octanol–water partition coefficient (Wildman–Crippen LogP) is 4.28. The molecule has 0 N–H and O–H groups in total. The minimum atomic E-state index is -0.458. The molecule has 2 rings (SSSR count). The summed E-state index contributed by atoms with van der Waals surface area (Å²) in [6.07, 6.45) is 3.04. The van der Waals surface area contributed by atoms with Crippen molar-refractivity contribution in [3.05, 3.63) is 64.7 Å². The summed E-state index contributed by atoms with van der Waals surface area (Å²) >= 11 is 5.77. The van der Waals surface area contributed by atoms with Crippen molar-refractivity contribution in [1.82, 2.24) is 0 Å². The Labute approximate surface area is 128 Å². The van der Waals surface area contributed by atoms with Crippen LogP contribution in [0.15, 0.2) is 48.5 Å². The first kappa shape index (κ1) is 15.1. The number of rotatable bonds is 4. The molecule has 0 unspecified atom stereocenters. The molecule has 0 saturated carbocycles. The van der Waals surface area contributed by atoms with Gasteiger partial charge in [0.1, 0.15) is 11.5 Å². The molecule has 0 aliphatic carbocycles. The maximum absolute atomic E-state index is 11.8. The molecular weight excluding hydrogens is 288 g/mol. The topological polar surface area (TPSA) is 35.5 Å². The van der Waals surface area contributed by atoms with Crippen LogP contribution in [0.4, 0.5) is 0 Å². The first-order chi connectivity index (χ1) is 10.1. The molecule has 0 saturated heterocycles. The van der Waals surface area contributed by atoms with E-state index in [1.807, 2.05) is 25.1 Å². The SMILES string of the molecule is COc1ccc(C)cc1/C=C/C(=O)Oc1ccc(Cl)cc1. The second-order valence-corrected chi connectivity index (χ2v) is 4.89. The quantitative estimate of drug-likeness (QED) is 0.480. The molecular formula is C17H15ClO3. The summed E-state index contributed by atoms with van der Waals surface area (Å²) in [7, 11) is 1.59. The van der Waals surface area contributed by atoms with E-state index in [1.54, 1.807) is 37.5 Å². The van der Waals surface area contributed by atoms with Gasteiger partial charge >= 0.3 is 5.97 Å².